The van der Waals surface area contributed by atoms with Crippen LogP contribution in [0.4, 0.5) is 0 Å². The quantitative estimate of drug-likeness (QED) is 0.394. The minimum Gasteiger partial charge on any atom is -0.467 e. The molecule has 32 heavy (non-hydrogen) atoms. The SMILES string of the molecule is CNC(=O)C(C(=O)OC)N(C)C(=O)c1ccc(C#Cc2ccc(CNC3CC3)cc2)cc1. The van der Waals surface area contributed by atoms with E-state index in [4.69, 9.17) is 0 Å². The second kappa shape index (κ2) is 10.6. The van der Waals surface area contributed by atoms with Gasteiger partial charge in [-0.2, -0.15) is 0 Å². The molecule has 0 aromatic heterocycles. The monoisotopic (exact) mass is 433 g/mol. The van der Waals surface area contributed by atoms with Crippen molar-refractivity contribution in [2.24, 2.45) is 0 Å². The van der Waals surface area contributed by atoms with Crippen LogP contribution in [0.5, 0.6) is 0 Å². The highest BCUT2D eigenvalue weighted by molar-refractivity contribution is 6.07. The molecule has 166 valence electrons. The summed E-state index contributed by atoms with van der Waals surface area (Å²) in [5.74, 6) is 4.30. The molecule has 2 aromatic rings. The number of nitrogens with zero attached hydrogens (tertiary/aromatic N) is 1. The zero-order chi connectivity index (χ0) is 23.1. The van der Waals surface area contributed by atoms with Gasteiger partial charge in [0.2, 0.25) is 6.04 Å². The average molecular weight is 434 g/mol. The maximum atomic E-state index is 12.7. The second-order valence-corrected chi connectivity index (χ2v) is 7.64. The minimum atomic E-state index is -1.36. The molecule has 2 N–H and O–H groups in total. The Bertz CT molecular complexity index is 1020. The fourth-order valence-corrected chi connectivity index (χ4v) is 3.11. The van der Waals surface area contributed by atoms with Crippen molar-refractivity contribution in [2.75, 3.05) is 21.2 Å². The molecule has 0 saturated heterocycles. The molecule has 7 nitrogen and oxygen atoms in total. The Morgan fingerprint density at radius 2 is 1.59 bits per heavy atom. The first-order valence-electron chi connectivity index (χ1n) is 10.4. The minimum absolute atomic E-state index is 0.336. The third kappa shape index (κ3) is 5.96. The van der Waals surface area contributed by atoms with Crippen molar-refractivity contribution in [2.45, 2.75) is 31.5 Å². The highest BCUT2D eigenvalue weighted by Gasteiger charge is 2.34. The van der Waals surface area contributed by atoms with Crippen LogP contribution in [0.1, 0.15) is 39.9 Å². The van der Waals surface area contributed by atoms with Crippen LogP contribution in [-0.4, -0.2) is 56.0 Å². The summed E-state index contributed by atoms with van der Waals surface area (Å²) in [6.07, 6.45) is 2.54. The van der Waals surface area contributed by atoms with E-state index in [0.29, 0.717) is 11.6 Å². The van der Waals surface area contributed by atoms with E-state index in [0.717, 1.165) is 22.6 Å². The van der Waals surface area contributed by atoms with Gasteiger partial charge in [0, 0.05) is 43.4 Å². The zero-order valence-corrected chi connectivity index (χ0v) is 18.5. The van der Waals surface area contributed by atoms with E-state index in [1.54, 1.807) is 24.3 Å². The van der Waals surface area contributed by atoms with Crippen LogP contribution in [-0.2, 0) is 20.9 Å². The summed E-state index contributed by atoms with van der Waals surface area (Å²) in [5.41, 5.74) is 3.23. The maximum absolute atomic E-state index is 12.7. The molecule has 2 aromatic carbocycles. The van der Waals surface area contributed by atoms with E-state index in [1.807, 2.05) is 12.1 Å². The Labute approximate surface area is 188 Å². The number of amides is 2. The zero-order valence-electron chi connectivity index (χ0n) is 18.5. The lowest BCUT2D eigenvalue weighted by atomic mass is 10.1. The fraction of sp³-hybridized carbons (Fsp3) is 0.320. The van der Waals surface area contributed by atoms with Crippen LogP contribution in [0.15, 0.2) is 48.5 Å². The summed E-state index contributed by atoms with van der Waals surface area (Å²) in [5, 5.41) is 5.85. The lowest BCUT2D eigenvalue weighted by Crippen LogP contribution is -2.51. The molecule has 1 unspecified atom stereocenters. The first-order valence-corrected chi connectivity index (χ1v) is 10.4. The number of likely N-dealkylation sites (N-methyl/N-ethyl adjacent to an activating group) is 2. The van der Waals surface area contributed by atoms with Crippen LogP contribution < -0.4 is 10.6 Å². The molecule has 0 aliphatic heterocycles. The normalized spacial score (nSPS) is 13.3. The molecule has 1 atom stereocenters. The molecule has 0 spiro atoms. The number of benzene rings is 2. The van der Waals surface area contributed by atoms with Crippen molar-refractivity contribution in [1.29, 1.82) is 0 Å². The summed E-state index contributed by atoms with van der Waals surface area (Å²) < 4.78 is 4.65. The summed E-state index contributed by atoms with van der Waals surface area (Å²) >= 11 is 0. The number of methoxy groups -OCH3 is 1. The fourth-order valence-electron chi connectivity index (χ4n) is 3.11. The van der Waals surface area contributed by atoms with Gasteiger partial charge in [-0.3, -0.25) is 9.59 Å². The van der Waals surface area contributed by atoms with Crippen molar-refractivity contribution in [1.82, 2.24) is 15.5 Å². The van der Waals surface area contributed by atoms with Crippen LogP contribution in [0.2, 0.25) is 0 Å². The van der Waals surface area contributed by atoms with Crippen molar-refractivity contribution >= 4 is 17.8 Å². The predicted molar refractivity (Wildman–Crippen MR) is 121 cm³/mol. The van der Waals surface area contributed by atoms with Gasteiger partial charge < -0.3 is 20.3 Å². The standard InChI is InChI=1S/C25H27N3O4/c1-26-23(29)22(25(31)32-3)28(2)24(30)20-12-10-18(11-13-20)5-4-17-6-8-19(9-7-17)16-27-21-14-15-21/h6-13,21-22,27H,14-16H2,1-3H3,(H,26,29). The first-order chi connectivity index (χ1) is 15.4. The number of carbonyl (C=O) groups excluding carboxylic acids is 3. The van der Waals surface area contributed by atoms with E-state index in [9.17, 15) is 14.4 Å². The first kappa shape index (κ1) is 23.0. The highest BCUT2D eigenvalue weighted by Crippen LogP contribution is 2.19. The van der Waals surface area contributed by atoms with Gasteiger partial charge in [0.1, 0.15) is 0 Å². The average Bonchev–Trinajstić information content (AvgIpc) is 3.66. The number of nitrogens with one attached hydrogen (secondary N) is 2. The van der Waals surface area contributed by atoms with E-state index in [2.05, 4.69) is 39.3 Å². The van der Waals surface area contributed by atoms with Gasteiger partial charge in [0.25, 0.3) is 11.8 Å². The molecule has 7 heteroatoms. The van der Waals surface area contributed by atoms with Crippen LogP contribution in [0, 0.1) is 11.8 Å². The summed E-state index contributed by atoms with van der Waals surface area (Å²) in [4.78, 5) is 37.8. The van der Waals surface area contributed by atoms with E-state index < -0.39 is 23.8 Å². The highest BCUT2D eigenvalue weighted by atomic mass is 16.5. The van der Waals surface area contributed by atoms with Crippen LogP contribution in [0.3, 0.4) is 0 Å². The van der Waals surface area contributed by atoms with Crippen molar-refractivity contribution in [3.05, 3.63) is 70.8 Å². The van der Waals surface area contributed by atoms with Gasteiger partial charge in [-0.15, -0.1) is 0 Å². The third-order valence-corrected chi connectivity index (χ3v) is 5.24. The van der Waals surface area contributed by atoms with Gasteiger partial charge in [-0.1, -0.05) is 24.0 Å². The lowest BCUT2D eigenvalue weighted by molar-refractivity contribution is -0.150. The molecule has 0 heterocycles. The van der Waals surface area contributed by atoms with E-state index in [-0.39, 0.29) is 0 Å². The maximum Gasteiger partial charge on any atom is 0.338 e. The van der Waals surface area contributed by atoms with Gasteiger partial charge in [-0.05, 0) is 54.8 Å². The third-order valence-electron chi connectivity index (χ3n) is 5.24. The topological polar surface area (TPSA) is 87.7 Å². The van der Waals surface area contributed by atoms with Gasteiger partial charge in [0.05, 0.1) is 7.11 Å². The van der Waals surface area contributed by atoms with E-state index >= 15 is 0 Å². The van der Waals surface area contributed by atoms with Gasteiger partial charge in [0.15, 0.2) is 0 Å². The molecule has 0 bridgehead atoms. The van der Waals surface area contributed by atoms with Crippen LogP contribution >= 0.6 is 0 Å². The van der Waals surface area contributed by atoms with Crippen molar-refractivity contribution < 1.29 is 19.1 Å². The molecule has 1 aliphatic carbocycles. The number of esters is 1. The number of rotatable bonds is 7. The number of hydrogen-bond acceptors (Lipinski definition) is 5. The smallest absolute Gasteiger partial charge is 0.338 e. The summed E-state index contributed by atoms with van der Waals surface area (Å²) in [7, 11) is 3.95. The Morgan fingerprint density at radius 3 is 2.09 bits per heavy atom. The van der Waals surface area contributed by atoms with Gasteiger partial charge >= 0.3 is 5.97 Å². The molecule has 1 aliphatic rings. The molecular formula is C25H27N3O4. The molecular weight excluding hydrogens is 406 g/mol. The summed E-state index contributed by atoms with van der Waals surface area (Å²) in [6, 6.07) is 14.2. The largest absolute Gasteiger partial charge is 0.467 e. The Kier molecular flexibility index (Phi) is 7.63. The molecule has 1 saturated carbocycles. The molecule has 3 rings (SSSR count). The number of hydrogen-bond donors (Lipinski definition) is 2. The van der Waals surface area contributed by atoms with Gasteiger partial charge in [-0.25, -0.2) is 4.79 Å². The molecule has 2 amide bonds. The summed E-state index contributed by atoms with van der Waals surface area (Å²) in [6.45, 7) is 0.874. The second-order valence-electron chi connectivity index (χ2n) is 7.64. The molecule has 1 fully saturated rings. The lowest BCUT2D eigenvalue weighted by Gasteiger charge is -2.24. The number of ether oxygens (including phenoxy) is 1. The van der Waals surface area contributed by atoms with Crippen molar-refractivity contribution in [3.8, 4) is 11.8 Å². The predicted octanol–water partition coefficient (Wildman–Crippen LogP) is 1.70. The number of carbonyl (C=O) groups is 3. The van der Waals surface area contributed by atoms with E-state index in [1.165, 1.54) is 39.6 Å². The van der Waals surface area contributed by atoms with Crippen LogP contribution in [0.25, 0.3) is 0 Å². The Morgan fingerprint density at radius 1 is 1.03 bits per heavy atom. The Hall–Kier alpha value is -3.63. The Balaban J connectivity index is 1.64. The molecule has 0 radical (unpaired) electrons. The van der Waals surface area contributed by atoms with Crippen molar-refractivity contribution in [3.63, 3.8) is 0 Å².